The molecule has 1 fully saturated rings. The summed E-state index contributed by atoms with van der Waals surface area (Å²) in [6.45, 7) is 5.54. The normalized spacial score (nSPS) is 17.5. The van der Waals surface area contributed by atoms with Gasteiger partial charge in [-0.1, -0.05) is 12.1 Å². The Balaban J connectivity index is 1.57. The molecule has 4 rings (SSSR count). The molecule has 2 aliphatic heterocycles. The van der Waals surface area contributed by atoms with Crippen LogP contribution in [-0.4, -0.2) is 46.4 Å². The van der Waals surface area contributed by atoms with Crippen molar-refractivity contribution in [3.63, 3.8) is 0 Å². The van der Waals surface area contributed by atoms with E-state index >= 15 is 0 Å². The Hall–Kier alpha value is -3.72. The molecular weight excluding hydrogens is 440 g/mol. The number of hydrogen-bond donors (Lipinski definition) is 1. The van der Waals surface area contributed by atoms with E-state index in [1.165, 1.54) is 18.2 Å². The first-order chi connectivity index (χ1) is 16.3. The summed E-state index contributed by atoms with van der Waals surface area (Å²) in [6, 6.07) is 7.49. The monoisotopic (exact) mass is 466 g/mol. The van der Waals surface area contributed by atoms with Crippen LogP contribution in [0.1, 0.15) is 46.8 Å². The van der Waals surface area contributed by atoms with Crippen molar-refractivity contribution >= 4 is 23.5 Å². The highest BCUT2D eigenvalue weighted by atomic mass is 16.6. The fourth-order valence-corrected chi connectivity index (χ4v) is 4.42. The Morgan fingerprint density at radius 1 is 1.32 bits per heavy atom. The first-order valence-corrected chi connectivity index (χ1v) is 11.2. The van der Waals surface area contributed by atoms with Gasteiger partial charge >= 0.3 is 5.97 Å². The highest BCUT2D eigenvalue weighted by Crippen LogP contribution is 2.42. The predicted octanol–water partition coefficient (Wildman–Crippen LogP) is 4.00. The number of phenolic OH excluding ortho intramolecular Hbond substituents is 1. The summed E-state index contributed by atoms with van der Waals surface area (Å²) in [4.78, 5) is 37.8. The highest BCUT2D eigenvalue weighted by molar-refractivity contribution is 6.15. The molecule has 0 spiro atoms. The van der Waals surface area contributed by atoms with Gasteiger partial charge in [-0.15, -0.1) is 0 Å². The van der Waals surface area contributed by atoms with E-state index in [9.17, 15) is 24.8 Å². The summed E-state index contributed by atoms with van der Waals surface area (Å²) in [7, 11) is 0. The Bertz CT molecular complexity index is 1180. The number of likely N-dealkylation sites (tertiary alicyclic amines) is 1. The van der Waals surface area contributed by atoms with Gasteiger partial charge in [-0.05, 0) is 63.0 Å². The molecule has 1 N–H and O–H groups in total. The Morgan fingerprint density at radius 2 is 2.06 bits per heavy atom. The van der Waals surface area contributed by atoms with Gasteiger partial charge in [0.2, 0.25) is 5.78 Å². The number of fused-ring (bicyclic) bond motifs is 1. The average molecular weight is 466 g/mol. The molecule has 9 nitrogen and oxygen atoms in total. The Kier molecular flexibility index (Phi) is 6.65. The summed E-state index contributed by atoms with van der Waals surface area (Å²) in [5, 5.41) is 21.7. The van der Waals surface area contributed by atoms with E-state index in [0.717, 1.165) is 0 Å². The second kappa shape index (κ2) is 9.64. The number of Topliss-reactive ketones (excluding diaryl/α,β-unsaturated/α-hetero) is 1. The minimum absolute atomic E-state index is 0.0353. The maximum Gasteiger partial charge on any atom is 0.309 e. The van der Waals surface area contributed by atoms with Crippen LogP contribution in [0.15, 0.2) is 36.1 Å². The molecule has 0 bridgehead atoms. The topological polar surface area (TPSA) is 119 Å². The summed E-state index contributed by atoms with van der Waals surface area (Å²) in [6.07, 6.45) is 2.79. The Labute approximate surface area is 196 Å². The number of ether oxygens (including phenoxy) is 2. The molecule has 1 saturated heterocycles. The van der Waals surface area contributed by atoms with E-state index in [1.54, 1.807) is 32.0 Å². The van der Waals surface area contributed by atoms with Gasteiger partial charge in [0, 0.05) is 18.7 Å². The number of nitro benzene ring substituents is 1. The van der Waals surface area contributed by atoms with Gasteiger partial charge in [-0.3, -0.25) is 24.6 Å². The second-order valence-corrected chi connectivity index (χ2v) is 8.49. The van der Waals surface area contributed by atoms with Crippen LogP contribution in [-0.2, 0) is 16.1 Å². The van der Waals surface area contributed by atoms with E-state index in [-0.39, 0.29) is 34.9 Å². The van der Waals surface area contributed by atoms with Crippen LogP contribution in [0.4, 0.5) is 5.69 Å². The molecular formula is C25H26N2O7. The first kappa shape index (κ1) is 23.4. The smallest absolute Gasteiger partial charge is 0.309 e. The van der Waals surface area contributed by atoms with Gasteiger partial charge in [0.25, 0.3) is 5.69 Å². The minimum Gasteiger partial charge on any atom is -0.507 e. The number of aryl methyl sites for hydroxylation is 1. The van der Waals surface area contributed by atoms with Crippen molar-refractivity contribution in [1.29, 1.82) is 0 Å². The number of nitrogens with zero attached hydrogens (tertiary/aromatic N) is 2. The first-order valence-electron chi connectivity index (χ1n) is 11.2. The fraction of sp³-hybridized carbons (Fsp3) is 0.360. The maximum absolute atomic E-state index is 13.1. The van der Waals surface area contributed by atoms with Crippen molar-refractivity contribution < 1.29 is 29.1 Å². The molecule has 34 heavy (non-hydrogen) atoms. The van der Waals surface area contributed by atoms with Crippen LogP contribution in [0.2, 0.25) is 0 Å². The summed E-state index contributed by atoms with van der Waals surface area (Å²) >= 11 is 0. The fourth-order valence-electron chi connectivity index (χ4n) is 4.42. The lowest BCUT2D eigenvalue weighted by molar-refractivity contribution is -0.384. The molecule has 2 aliphatic rings. The van der Waals surface area contributed by atoms with E-state index in [4.69, 9.17) is 9.47 Å². The molecule has 0 atom stereocenters. The van der Waals surface area contributed by atoms with Crippen molar-refractivity contribution in [2.75, 3.05) is 19.7 Å². The van der Waals surface area contributed by atoms with Crippen LogP contribution in [0.25, 0.3) is 6.08 Å². The standard InChI is InChI=1S/C25H26N2O7/c1-3-33-25(30)17-7-9-26(10-8-17)14-19-20(28)11-15(2)22-23(29)21(34-24(19)22)13-16-5-4-6-18(12-16)27(31)32/h4-6,11-13,17,28H,3,7-10,14H2,1-2H3/b21-13+. The van der Waals surface area contributed by atoms with E-state index < -0.39 is 4.92 Å². The van der Waals surface area contributed by atoms with Gasteiger partial charge in [0.15, 0.2) is 5.76 Å². The number of allylic oxidation sites excluding steroid dienone is 1. The lowest BCUT2D eigenvalue weighted by Gasteiger charge is -2.31. The maximum atomic E-state index is 13.1. The lowest BCUT2D eigenvalue weighted by atomic mass is 9.95. The van der Waals surface area contributed by atoms with Crippen LogP contribution in [0, 0.1) is 23.0 Å². The van der Waals surface area contributed by atoms with Crippen LogP contribution in [0.5, 0.6) is 11.5 Å². The third-order valence-electron chi connectivity index (χ3n) is 6.19. The number of ketones is 1. The second-order valence-electron chi connectivity index (χ2n) is 8.49. The zero-order chi connectivity index (χ0) is 24.4. The zero-order valence-electron chi connectivity index (χ0n) is 19.1. The number of aromatic hydroxyl groups is 1. The van der Waals surface area contributed by atoms with Crippen molar-refractivity contribution in [3.8, 4) is 11.5 Å². The molecule has 178 valence electrons. The van der Waals surface area contributed by atoms with Gasteiger partial charge in [0.1, 0.15) is 11.5 Å². The van der Waals surface area contributed by atoms with Gasteiger partial charge in [-0.2, -0.15) is 0 Å². The number of hydrogen-bond acceptors (Lipinski definition) is 8. The SMILES string of the molecule is CCOC(=O)C1CCN(Cc2c(O)cc(C)c3c2O/C(=C/c2cccc([N+](=O)[O-])c2)C3=O)CC1. The molecule has 0 aromatic heterocycles. The summed E-state index contributed by atoms with van der Waals surface area (Å²) in [5.74, 6) is -0.241. The number of carbonyl (C=O) groups is 2. The van der Waals surface area contributed by atoms with Crippen LogP contribution < -0.4 is 4.74 Å². The van der Waals surface area contributed by atoms with Gasteiger partial charge in [0.05, 0.1) is 28.6 Å². The van der Waals surface area contributed by atoms with Crippen molar-refractivity contribution in [2.45, 2.75) is 33.2 Å². The average Bonchev–Trinajstić information content (AvgIpc) is 3.13. The molecule has 0 radical (unpaired) electrons. The highest BCUT2D eigenvalue weighted by Gasteiger charge is 2.34. The third kappa shape index (κ3) is 4.65. The molecule has 0 amide bonds. The summed E-state index contributed by atoms with van der Waals surface area (Å²) in [5.41, 5.74) is 1.86. The quantitative estimate of drug-likeness (QED) is 0.294. The number of non-ortho nitro benzene ring substituents is 1. The molecule has 0 saturated carbocycles. The van der Waals surface area contributed by atoms with E-state index in [0.29, 0.717) is 67.1 Å². The van der Waals surface area contributed by atoms with Crippen LogP contribution in [0.3, 0.4) is 0 Å². The number of esters is 1. The number of carbonyl (C=O) groups excluding carboxylic acids is 2. The minimum atomic E-state index is -0.501. The number of benzene rings is 2. The van der Waals surface area contributed by atoms with Crippen LogP contribution >= 0.6 is 0 Å². The Morgan fingerprint density at radius 3 is 2.74 bits per heavy atom. The zero-order valence-corrected chi connectivity index (χ0v) is 19.1. The molecule has 0 unspecified atom stereocenters. The number of phenols is 1. The molecule has 0 aliphatic carbocycles. The summed E-state index contributed by atoms with van der Waals surface area (Å²) < 4.78 is 11.1. The largest absolute Gasteiger partial charge is 0.507 e. The number of nitro groups is 1. The van der Waals surface area contributed by atoms with Crippen molar-refractivity contribution in [1.82, 2.24) is 4.90 Å². The van der Waals surface area contributed by atoms with E-state index in [2.05, 4.69) is 4.90 Å². The third-order valence-corrected chi connectivity index (χ3v) is 6.19. The van der Waals surface area contributed by atoms with Crippen molar-refractivity contribution in [2.24, 2.45) is 5.92 Å². The van der Waals surface area contributed by atoms with Crippen molar-refractivity contribution in [3.05, 3.63) is 68.5 Å². The number of rotatable bonds is 6. The van der Waals surface area contributed by atoms with E-state index in [1.807, 2.05) is 0 Å². The van der Waals surface area contributed by atoms with Gasteiger partial charge < -0.3 is 14.6 Å². The predicted molar refractivity (Wildman–Crippen MR) is 124 cm³/mol. The molecule has 2 aromatic rings. The number of piperidine rings is 1. The van der Waals surface area contributed by atoms with Gasteiger partial charge in [-0.25, -0.2) is 0 Å². The molecule has 9 heteroatoms. The molecule has 2 aromatic carbocycles. The lowest BCUT2D eigenvalue weighted by Crippen LogP contribution is -2.36. The molecule has 2 heterocycles.